The zero-order chi connectivity index (χ0) is 19.4. The summed E-state index contributed by atoms with van der Waals surface area (Å²) in [6.07, 6.45) is 0. The molecule has 3 aromatic carbocycles. The number of aryl methyl sites for hydroxylation is 1. The quantitative estimate of drug-likeness (QED) is 0.617. The zero-order valence-corrected chi connectivity index (χ0v) is 15.6. The van der Waals surface area contributed by atoms with E-state index < -0.39 is 21.7 Å². The monoisotopic (exact) mass is 387 g/mol. The Morgan fingerprint density at radius 2 is 1.48 bits per heavy atom. The van der Waals surface area contributed by atoms with Gasteiger partial charge in [-0.15, -0.1) is 0 Å². The van der Waals surface area contributed by atoms with Gasteiger partial charge in [0.15, 0.2) is 11.6 Å². The van der Waals surface area contributed by atoms with Gasteiger partial charge in [0, 0.05) is 18.7 Å². The van der Waals surface area contributed by atoms with Crippen molar-refractivity contribution >= 4 is 10.0 Å². The van der Waals surface area contributed by atoms with E-state index >= 15 is 0 Å². The lowest BCUT2D eigenvalue weighted by Gasteiger charge is -2.23. The first-order chi connectivity index (χ1) is 12.9. The highest BCUT2D eigenvalue weighted by atomic mass is 32.2. The molecule has 0 N–H and O–H groups in total. The van der Waals surface area contributed by atoms with Crippen LogP contribution < -0.4 is 0 Å². The number of rotatable bonds is 6. The van der Waals surface area contributed by atoms with Gasteiger partial charge in [0.25, 0.3) is 0 Å². The molecule has 0 saturated heterocycles. The van der Waals surface area contributed by atoms with Crippen LogP contribution in [0.3, 0.4) is 0 Å². The first-order valence-electron chi connectivity index (χ1n) is 8.41. The normalized spacial score (nSPS) is 11.7. The van der Waals surface area contributed by atoms with Gasteiger partial charge in [0.1, 0.15) is 0 Å². The lowest BCUT2D eigenvalue weighted by atomic mass is 10.2. The Morgan fingerprint density at radius 3 is 2.15 bits per heavy atom. The smallest absolute Gasteiger partial charge is 0.207 e. The van der Waals surface area contributed by atoms with Gasteiger partial charge in [-0.2, -0.15) is 4.31 Å². The second-order valence-electron chi connectivity index (χ2n) is 6.28. The van der Waals surface area contributed by atoms with Crippen molar-refractivity contribution in [1.29, 1.82) is 0 Å². The predicted molar refractivity (Wildman–Crippen MR) is 100 cm³/mol. The fourth-order valence-electron chi connectivity index (χ4n) is 2.73. The SMILES string of the molecule is Cc1ccc(S(=O)(=O)N(Cc2ccccc2)Cc2cccc(F)c2F)cc1. The first kappa shape index (κ1) is 19.2. The number of sulfonamides is 1. The molecule has 0 aliphatic heterocycles. The van der Waals surface area contributed by atoms with Crippen molar-refractivity contribution in [3.8, 4) is 0 Å². The summed E-state index contributed by atoms with van der Waals surface area (Å²) in [5, 5.41) is 0. The van der Waals surface area contributed by atoms with Crippen LogP contribution in [0, 0.1) is 18.6 Å². The highest BCUT2D eigenvalue weighted by molar-refractivity contribution is 7.89. The predicted octanol–water partition coefficient (Wildman–Crippen LogP) is 4.66. The molecular formula is C21H19F2NO2S. The van der Waals surface area contributed by atoms with Gasteiger partial charge in [-0.3, -0.25) is 0 Å². The van der Waals surface area contributed by atoms with Crippen LogP contribution in [-0.4, -0.2) is 12.7 Å². The molecule has 140 valence electrons. The van der Waals surface area contributed by atoms with E-state index in [4.69, 9.17) is 0 Å². The van der Waals surface area contributed by atoms with Crippen molar-refractivity contribution in [3.05, 3.63) is 101 Å². The summed E-state index contributed by atoms with van der Waals surface area (Å²) in [7, 11) is -3.90. The van der Waals surface area contributed by atoms with Gasteiger partial charge < -0.3 is 0 Å². The standard InChI is InChI=1S/C21H19F2NO2S/c1-16-10-12-19(13-11-16)27(25,26)24(14-17-6-3-2-4-7-17)15-18-8-5-9-20(22)21(18)23/h2-13H,14-15H2,1H3. The van der Waals surface area contributed by atoms with Crippen molar-refractivity contribution in [2.75, 3.05) is 0 Å². The number of hydrogen-bond acceptors (Lipinski definition) is 2. The largest absolute Gasteiger partial charge is 0.243 e. The molecular weight excluding hydrogens is 368 g/mol. The minimum Gasteiger partial charge on any atom is -0.207 e. The molecule has 6 heteroatoms. The molecule has 0 unspecified atom stereocenters. The molecule has 3 nitrogen and oxygen atoms in total. The van der Waals surface area contributed by atoms with Crippen LogP contribution in [-0.2, 0) is 23.1 Å². The average Bonchev–Trinajstić information content (AvgIpc) is 2.66. The molecule has 0 aliphatic rings. The highest BCUT2D eigenvalue weighted by Gasteiger charge is 2.26. The topological polar surface area (TPSA) is 37.4 Å². The minimum atomic E-state index is -3.90. The van der Waals surface area contributed by atoms with E-state index in [2.05, 4.69) is 0 Å². The van der Waals surface area contributed by atoms with E-state index in [1.54, 1.807) is 36.4 Å². The maximum absolute atomic E-state index is 14.1. The van der Waals surface area contributed by atoms with Gasteiger partial charge >= 0.3 is 0 Å². The fraction of sp³-hybridized carbons (Fsp3) is 0.143. The summed E-state index contributed by atoms with van der Waals surface area (Å²) in [6, 6.07) is 19.2. The van der Waals surface area contributed by atoms with Gasteiger partial charge in [0.2, 0.25) is 10.0 Å². The molecule has 0 bridgehead atoms. The summed E-state index contributed by atoms with van der Waals surface area (Å²) in [5.74, 6) is -2.03. The molecule has 0 aliphatic carbocycles. The van der Waals surface area contributed by atoms with Crippen LogP contribution in [0.4, 0.5) is 8.78 Å². The second kappa shape index (κ2) is 7.98. The van der Waals surface area contributed by atoms with Crippen LogP contribution in [0.5, 0.6) is 0 Å². The zero-order valence-electron chi connectivity index (χ0n) is 14.8. The van der Waals surface area contributed by atoms with Gasteiger partial charge in [-0.25, -0.2) is 17.2 Å². The lowest BCUT2D eigenvalue weighted by Crippen LogP contribution is -2.30. The van der Waals surface area contributed by atoms with Crippen molar-refractivity contribution in [1.82, 2.24) is 4.31 Å². The number of benzene rings is 3. The van der Waals surface area contributed by atoms with Crippen molar-refractivity contribution in [2.45, 2.75) is 24.9 Å². The fourth-order valence-corrected chi connectivity index (χ4v) is 4.14. The third kappa shape index (κ3) is 4.40. The average molecular weight is 387 g/mol. The molecule has 0 fully saturated rings. The lowest BCUT2D eigenvalue weighted by molar-refractivity contribution is 0.388. The van der Waals surface area contributed by atoms with Crippen LogP contribution in [0.25, 0.3) is 0 Å². The van der Waals surface area contributed by atoms with Crippen molar-refractivity contribution in [2.24, 2.45) is 0 Å². The van der Waals surface area contributed by atoms with E-state index in [1.807, 2.05) is 13.0 Å². The van der Waals surface area contributed by atoms with E-state index in [0.717, 1.165) is 21.5 Å². The summed E-state index contributed by atoms with van der Waals surface area (Å²) in [4.78, 5) is 0.112. The Hall–Kier alpha value is -2.57. The number of hydrogen-bond donors (Lipinski definition) is 0. The Bertz CT molecular complexity index is 1020. The molecule has 0 atom stereocenters. The van der Waals surface area contributed by atoms with Crippen molar-refractivity contribution < 1.29 is 17.2 Å². The maximum Gasteiger partial charge on any atom is 0.243 e. The summed E-state index contributed by atoms with van der Waals surface area (Å²) < 4.78 is 55.2. The molecule has 3 aromatic rings. The Morgan fingerprint density at radius 1 is 0.815 bits per heavy atom. The number of nitrogens with zero attached hydrogens (tertiary/aromatic N) is 1. The molecule has 0 radical (unpaired) electrons. The third-order valence-electron chi connectivity index (χ3n) is 4.24. The Balaban J connectivity index is 2.01. The molecule has 0 saturated carbocycles. The third-order valence-corrected chi connectivity index (χ3v) is 6.04. The summed E-state index contributed by atoms with van der Waals surface area (Å²) in [6.45, 7) is 1.64. The second-order valence-corrected chi connectivity index (χ2v) is 8.22. The molecule has 3 rings (SSSR count). The van der Waals surface area contributed by atoms with E-state index in [9.17, 15) is 17.2 Å². The van der Waals surface area contributed by atoms with Crippen LogP contribution in [0.1, 0.15) is 16.7 Å². The highest BCUT2D eigenvalue weighted by Crippen LogP contribution is 2.23. The first-order valence-corrected chi connectivity index (χ1v) is 9.85. The molecule has 0 spiro atoms. The van der Waals surface area contributed by atoms with Crippen LogP contribution in [0.2, 0.25) is 0 Å². The molecule has 0 aromatic heterocycles. The van der Waals surface area contributed by atoms with E-state index in [-0.39, 0.29) is 23.5 Å². The number of halogens is 2. The van der Waals surface area contributed by atoms with Crippen LogP contribution >= 0.6 is 0 Å². The summed E-state index contributed by atoms with van der Waals surface area (Å²) >= 11 is 0. The Kier molecular flexibility index (Phi) is 5.68. The van der Waals surface area contributed by atoms with Gasteiger partial charge in [-0.05, 0) is 30.7 Å². The summed E-state index contributed by atoms with van der Waals surface area (Å²) in [5.41, 5.74) is 1.67. The maximum atomic E-state index is 14.1. The molecule has 27 heavy (non-hydrogen) atoms. The van der Waals surface area contributed by atoms with Crippen LogP contribution in [0.15, 0.2) is 77.7 Å². The van der Waals surface area contributed by atoms with E-state index in [0.29, 0.717) is 0 Å². The van der Waals surface area contributed by atoms with Crippen molar-refractivity contribution in [3.63, 3.8) is 0 Å². The van der Waals surface area contributed by atoms with Gasteiger partial charge in [0.05, 0.1) is 4.90 Å². The Labute approximate surface area is 157 Å². The van der Waals surface area contributed by atoms with E-state index in [1.165, 1.54) is 24.3 Å². The molecule has 0 amide bonds. The molecule has 0 heterocycles. The van der Waals surface area contributed by atoms with Gasteiger partial charge in [-0.1, -0.05) is 60.2 Å². The minimum absolute atomic E-state index is 0.0124.